The van der Waals surface area contributed by atoms with Crippen molar-refractivity contribution in [3.63, 3.8) is 0 Å². The van der Waals surface area contributed by atoms with Crippen LogP contribution in [0.5, 0.6) is 0 Å². The fourth-order valence-corrected chi connectivity index (χ4v) is 2.66. The van der Waals surface area contributed by atoms with Gasteiger partial charge in [-0.25, -0.2) is 0 Å². The highest BCUT2D eigenvalue weighted by Gasteiger charge is 2.36. The van der Waals surface area contributed by atoms with Crippen molar-refractivity contribution in [1.82, 2.24) is 0 Å². The summed E-state index contributed by atoms with van der Waals surface area (Å²) in [7, 11) is 0. The lowest BCUT2D eigenvalue weighted by Crippen LogP contribution is -2.37. The number of hydrogen-bond acceptors (Lipinski definition) is 1. The van der Waals surface area contributed by atoms with Gasteiger partial charge in [-0.1, -0.05) is 45.2 Å². The molecule has 1 fully saturated rings. The van der Waals surface area contributed by atoms with E-state index in [2.05, 4.69) is 38.8 Å². The summed E-state index contributed by atoms with van der Waals surface area (Å²) in [4.78, 5) is 0. The second kappa shape index (κ2) is 4.24. The minimum atomic E-state index is 0.0499. The second-order valence-electron chi connectivity index (χ2n) is 3.01. The van der Waals surface area contributed by atoms with Crippen molar-refractivity contribution in [3.05, 3.63) is 0 Å². The fraction of sp³-hybridized carbons (Fsp3) is 1.00. The number of hydrogen-bond donors (Lipinski definition) is 0. The highest BCUT2D eigenvalue weighted by Crippen LogP contribution is 2.41. The van der Waals surface area contributed by atoms with E-state index >= 15 is 0 Å². The summed E-state index contributed by atoms with van der Waals surface area (Å²) in [5.74, 6) is 0. The van der Waals surface area contributed by atoms with Crippen LogP contribution in [0.3, 0.4) is 0 Å². The lowest BCUT2D eigenvalue weighted by Gasteiger charge is -2.34. The zero-order valence-electron chi connectivity index (χ0n) is 6.78. The average Bonchev–Trinajstić information content (AvgIpc) is 1.94. The molecule has 1 atom stereocenters. The third-order valence-corrected chi connectivity index (χ3v) is 3.81. The van der Waals surface area contributed by atoms with Gasteiger partial charge in [-0.15, -0.1) is 0 Å². The predicted octanol–water partition coefficient (Wildman–Crippen LogP) is 3.45. The minimum absolute atomic E-state index is 0.0499. The summed E-state index contributed by atoms with van der Waals surface area (Å²) in [6, 6.07) is 0. The van der Waals surface area contributed by atoms with Gasteiger partial charge in [0.1, 0.15) is 3.23 Å². The van der Waals surface area contributed by atoms with Crippen LogP contribution >= 0.6 is 31.9 Å². The quantitative estimate of drug-likeness (QED) is 0.706. The van der Waals surface area contributed by atoms with Crippen molar-refractivity contribution in [1.29, 1.82) is 0 Å². The van der Waals surface area contributed by atoms with Gasteiger partial charge in [-0.2, -0.15) is 0 Å². The molecule has 1 aliphatic rings. The van der Waals surface area contributed by atoms with E-state index < -0.39 is 0 Å². The van der Waals surface area contributed by atoms with Gasteiger partial charge >= 0.3 is 0 Å². The van der Waals surface area contributed by atoms with Crippen molar-refractivity contribution in [2.24, 2.45) is 0 Å². The van der Waals surface area contributed by atoms with Crippen LogP contribution in [0.4, 0.5) is 0 Å². The first-order valence-electron chi connectivity index (χ1n) is 4.16. The lowest BCUT2D eigenvalue weighted by atomic mass is 10.1. The number of ether oxygens (including phenoxy) is 1. The summed E-state index contributed by atoms with van der Waals surface area (Å²) < 4.78 is 5.69. The van der Waals surface area contributed by atoms with E-state index in [0.717, 1.165) is 25.9 Å². The maximum Gasteiger partial charge on any atom is 0.107 e. The molecule has 1 heterocycles. The molecule has 1 aliphatic heterocycles. The van der Waals surface area contributed by atoms with Crippen molar-refractivity contribution in [3.8, 4) is 0 Å². The van der Waals surface area contributed by atoms with Gasteiger partial charge in [0, 0.05) is 6.61 Å². The Hall–Kier alpha value is 0.920. The van der Waals surface area contributed by atoms with E-state index in [4.69, 9.17) is 4.74 Å². The molecule has 0 aromatic rings. The van der Waals surface area contributed by atoms with Gasteiger partial charge < -0.3 is 4.74 Å². The summed E-state index contributed by atoms with van der Waals surface area (Å²) in [6.07, 6.45) is 4.98. The largest absolute Gasteiger partial charge is 0.376 e. The molecule has 66 valence electrons. The highest BCUT2D eigenvalue weighted by molar-refractivity contribution is 9.25. The van der Waals surface area contributed by atoms with Gasteiger partial charge in [0.15, 0.2) is 0 Å². The molecule has 0 bridgehead atoms. The van der Waals surface area contributed by atoms with Crippen LogP contribution in [0.1, 0.15) is 32.6 Å². The van der Waals surface area contributed by atoms with Crippen molar-refractivity contribution < 1.29 is 4.74 Å². The Morgan fingerprint density at radius 3 is 2.82 bits per heavy atom. The Bertz CT molecular complexity index is 123. The van der Waals surface area contributed by atoms with E-state index in [-0.39, 0.29) is 3.23 Å². The third-order valence-electron chi connectivity index (χ3n) is 2.00. The Morgan fingerprint density at radius 2 is 2.27 bits per heavy atom. The lowest BCUT2D eigenvalue weighted by molar-refractivity contribution is 0.0111. The third kappa shape index (κ3) is 2.71. The highest BCUT2D eigenvalue weighted by atomic mass is 79.9. The molecule has 0 saturated carbocycles. The summed E-state index contributed by atoms with van der Waals surface area (Å²) in [6.45, 7) is 3.11. The van der Waals surface area contributed by atoms with Crippen LogP contribution in [0.25, 0.3) is 0 Å². The van der Waals surface area contributed by atoms with Gasteiger partial charge in [0.25, 0.3) is 0 Å². The molecule has 0 aromatic heterocycles. The maximum absolute atomic E-state index is 5.64. The standard InChI is InChI=1S/C8H14Br2O/c1-2-4-7-8(9,10)5-3-6-11-7/h7H,2-6H2,1H3. The van der Waals surface area contributed by atoms with Crippen LogP contribution in [-0.4, -0.2) is 15.9 Å². The van der Waals surface area contributed by atoms with Crippen molar-refractivity contribution in [2.75, 3.05) is 6.61 Å². The molecule has 0 amide bonds. The topological polar surface area (TPSA) is 9.23 Å². The molecule has 11 heavy (non-hydrogen) atoms. The van der Waals surface area contributed by atoms with Crippen molar-refractivity contribution >= 4 is 31.9 Å². The van der Waals surface area contributed by atoms with Crippen LogP contribution < -0.4 is 0 Å². The molecule has 0 N–H and O–H groups in total. The van der Waals surface area contributed by atoms with E-state index in [1.807, 2.05) is 0 Å². The van der Waals surface area contributed by atoms with E-state index in [0.29, 0.717) is 6.10 Å². The van der Waals surface area contributed by atoms with Gasteiger partial charge in [-0.3, -0.25) is 0 Å². The van der Waals surface area contributed by atoms with Crippen LogP contribution in [-0.2, 0) is 4.74 Å². The zero-order chi connectivity index (χ0) is 8.32. The maximum atomic E-state index is 5.64. The van der Waals surface area contributed by atoms with E-state index in [1.165, 1.54) is 6.42 Å². The smallest absolute Gasteiger partial charge is 0.107 e. The first-order valence-corrected chi connectivity index (χ1v) is 5.75. The van der Waals surface area contributed by atoms with Gasteiger partial charge in [0.05, 0.1) is 6.10 Å². The summed E-state index contributed by atoms with van der Waals surface area (Å²) in [5.41, 5.74) is 0. The van der Waals surface area contributed by atoms with Gasteiger partial charge in [0.2, 0.25) is 0 Å². The first-order chi connectivity index (χ1) is 5.17. The molecular weight excluding hydrogens is 272 g/mol. The Labute approximate surface area is 85.1 Å². The molecular formula is C8H14Br2O. The number of halogens is 2. The minimum Gasteiger partial charge on any atom is -0.376 e. The normalized spacial score (nSPS) is 30.3. The number of alkyl halides is 2. The summed E-state index contributed by atoms with van der Waals surface area (Å²) in [5, 5.41) is 0. The van der Waals surface area contributed by atoms with Crippen molar-refractivity contribution in [2.45, 2.75) is 41.9 Å². The predicted molar refractivity (Wildman–Crippen MR) is 54.5 cm³/mol. The molecule has 0 radical (unpaired) electrons. The Morgan fingerprint density at radius 1 is 1.55 bits per heavy atom. The van der Waals surface area contributed by atoms with Gasteiger partial charge in [-0.05, 0) is 19.3 Å². The molecule has 1 unspecified atom stereocenters. The molecule has 0 aromatic carbocycles. The molecule has 1 nitrogen and oxygen atoms in total. The molecule has 1 rings (SSSR count). The zero-order valence-corrected chi connectivity index (χ0v) is 9.95. The Kier molecular flexibility index (Phi) is 3.86. The fourth-order valence-electron chi connectivity index (χ4n) is 1.37. The number of rotatable bonds is 2. The SMILES string of the molecule is CCCC1OCCCC1(Br)Br. The van der Waals surface area contributed by atoms with Crippen LogP contribution in [0, 0.1) is 0 Å². The monoisotopic (exact) mass is 284 g/mol. The molecule has 0 spiro atoms. The molecule has 3 heteroatoms. The average molecular weight is 286 g/mol. The van der Waals surface area contributed by atoms with Crippen LogP contribution in [0.15, 0.2) is 0 Å². The molecule has 0 aliphatic carbocycles. The first kappa shape index (κ1) is 10.0. The Balaban J connectivity index is 2.45. The second-order valence-corrected chi connectivity index (χ2v) is 6.91. The van der Waals surface area contributed by atoms with E-state index in [1.54, 1.807) is 0 Å². The van der Waals surface area contributed by atoms with E-state index in [9.17, 15) is 0 Å². The van der Waals surface area contributed by atoms with Crippen LogP contribution in [0.2, 0.25) is 0 Å². The summed E-state index contributed by atoms with van der Waals surface area (Å²) >= 11 is 7.30. The molecule has 1 saturated heterocycles.